The quantitative estimate of drug-likeness (QED) is 0.211. The molecule has 1 aliphatic heterocycles. The van der Waals surface area contributed by atoms with Gasteiger partial charge in [-0.15, -0.1) is 0 Å². The zero-order valence-electron chi connectivity index (χ0n) is 25.7. The molecule has 2 saturated carbocycles. The third-order valence-electron chi connectivity index (χ3n) is 10.6. The van der Waals surface area contributed by atoms with Crippen molar-refractivity contribution in [3.63, 3.8) is 0 Å². The van der Waals surface area contributed by atoms with Crippen LogP contribution >= 0.6 is 22.6 Å². The van der Waals surface area contributed by atoms with Crippen molar-refractivity contribution in [2.24, 2.45) is 5.92 Å². The minimum atomic E-state index is -3.11. The van der Waals surface area contributed by atoms with Crippen molar-refractivity contribution in [2.75, 3.05) is 32.1 Å². The van der Waals surface area contributed by atoms with E-state index in [1.165, 1.54) is 18.9 Å². The number of nitrogens with one attached hydrogen (secondary N) is 1. The Bertz CT molecular complexity index is 1400. The molecular weight excluding hydrogens is 662 g/mol. The summed E-state index contributed by atoms with van der Waals surface area (Å²) in [4.78, 5) is 21.0. The Labute approximate surface area is 265 Å². The number of hydrogen-bond donors (Lipinski definition) is 1. The first-order valence-corrected chi connectivity index (χ1v) is 18.1. The number of anilines is 1. The Hall–Kier alpha value is -1.72. The van der Waals surface area contributed by atoms with E-state index in [0.29, 0.717) is 35.0 Å². The molecule has 1 N–H and O–H groups in total. The van der Waals surface area contributed by atoms with Crippen LogP contribution in [0.3, 0.4) is 0 Å². The summed E-state index contributed by atoms with van der Waals surface area (Å²) in [5.74, 6) is 0.516. The molecule has 230 valence electrons. The van der Waals surface area contributed by atoms with Gasteiger partial charge in [0.15, 0.2) is 3.68 Å². The molecule has 9 heteroatoms. The number of carbonyl (C=O) groups is 1. The van der Waals surface area contributed by atoms with E-state index in [0.717, 1.165) is 45.1 Å². The van der Waals surface area contributed by atoms with Gasteiger partial charge in [0.2, 0.25) is 0 Å². The van der Waals surface area contributed by atoms with E-state index >= 15 is 4.39 Å². The Morgan fingerprint density at radius 2 is 1.79 bits per heavy atom. The first kappa shape index (κ1) is 31.7. The average Bonchev–Trinajstić information content (AvgIpc) is 3.20. The monoisotopic (exact) mass is 708 g/mol. The van der Waals surface area contributed by atoms with Crippen molar-refractivity contribution >= 4 is 44.0 Å². The van der Waals surface area contributed by atoms with Gasteiger partial charge in [0.05, 0.1) is 27.5 Å². The van der Waals surface area contributed by atoms with Crippen molar-refractivity contribution in [1.82, 2.24) is 9.80 Å². The molecule has 3 fully saturated rings. The standard InChI is InChI=1S/C33H46FIN4O2S/c1-6-24(2)42(36,41)27-15-16-29(28(21-27)31(3,34)35)38-23-32(39(30(38)40)22-25-11-10-12-25)17-19-33(20-18-32,37(4)5)26-13-8-7-9-14-26/h7-9,13-16,21,24-25,36H,6,10-12,17-20,22-23H2,1-5H3. The van der Waals surface area contributed by atoms with E-state index in [2.05, 4.69) is 54.2 Å². The highest BCUT2D eigenvalue weighted by molar-refractivity contribution is 14.1. The van der Waals surface area contributed by atoms with Crippen LogP contribution < -0.4 is 4.90 Å². The molecule has 6 nitrogen and oxygen atoms in total. The summed E-state index contributed by atoms with van der Waals surface area (Å²) >= 11 is 1.76. The van der Waals surface area contributed by atoms with Crippen molar-refractivity contribution in [1.29, 1.82) is 4.78 Å². The molecule has 1 saturated heterocycles. The third-order valence-corrected chi connectivity index (χ3v) is 13.6. The maximum Gasteiger partial charge on any atom is 0.325 e. The molecule has 42 heavy (non-hydrogen) atoms. The molecule has 1 spiro atoms. The predicted octanol–water partition coefficient (Wildman–Crippen LogP) is 8.28. The topological polar surface area (TPSA) is 67.7 Å². The average molecular weight is 709 g/mol. The van der Waals surface area contributed by atoms with E-state index in [-0.39, 0.29) is 22.4 Å². The van der Waals surface area contributed by atoms with Gasteiger partial charge in [-0.3, -0.25) is 9.80 Å². The van der Waals surface area contributed by atoms with Crippen LogP contribution in [-0.4, -0.2) is 58.0 Å². The number of amides is 2. The Kier molecular flexibility index (Phi) is 8.79. The molecule has 3 aliphatic rings. The number of alkyl halides is 2. The fraction of sp³-hybridized carbons (Fsp3) is 0.606. The van der Waals surface area contributed by atoms with Crippen LogP contribution in [0.5, 0.6) is 0 Å². The SMILES string of the molecule is CCC(C)S(=N)(=O)c1ccc(N2CC3(CCC(c4ccccc4)(N(C)C)CC3)N(CC3CCC3)C2=O)c(C(C)(F)I)c1. The fourth-order valence-electron chi connectivity index (χ4n) is 7.25. The molecule has 2 aromatic carbocycles. The van der Waals surface area contributed by atoms with Crippen molar-refractivity contribution in [2.45, 2.75) is 97.0 Å². The second kappa shape index (κ2) is 11.7. The molecule has 3 unspecified atom stereocenters. The summed E-state index contributed by atoms with van der Waals surface area (Å²) in [6.45, 7) is 6.45. The van der Waals surface area contributed by atoms with E-state index in [9.17, 15) is 9.00 Å². The maximum atomic E-state index is 15.9. The van der Waals surface area contributed by atoms with E-state index in [1.54, 1.807) is 52.6 Å². The van der Waals surface area contributed by atoms with Crippen molar-refractivity contribution < 1.29 is 13.4 Å². The van der Waals surface area contributed by atoms with Gasteiger partial charge in [0, 0.05) is 27.8 Å². The zero-order chi connectivity index (χ0) is 30.5. The number of halogens is 2. The van der Waals surface area contributed by atoms with Gasteiger partial charge in [-0.2, -0.15) is 0 Å². The Balaban J connectivity index is 1.53. The lowest BCUT2D eigenvalue weighted by atomic mass is 9.68. The molecule has 2 aromatic rings. The Morgan fingerprint density at radius 3 is 2.31 bits per heavy atom. The third kappa shape index (κ3) is 5.51. The molecule has 3 atom stereocenters. The zero-order valence-corrected chi connectivity index (χ0v) is 28.6. The molecule has 2 amide bonds. The molecule has 0 radical (unpaired) electrons. The highest BCUT2D eigenvalue weighted by Crippen LogP contribution is 2.51. The van der Waals surface area contributed by atoms with Gasteiger partial charge in [-0.1, -0.05) is 43.7 Å². The highest BCUT2D eigenvalue weighted by Gasteiger charge is 2.55. The predicted molar refractivity (Wildman–Crippen MR) is 178 cm³/mol. The van der Waals surface area contributed by atoms with Crippen LogP contribution in [0.1, 0.15) is 83.3 Å². The van der Waals surface area contributed by atoms with Crippen LogP contribution in [0.15, 0.2) is 53.4 Å². The van der Waals surface area contributed by atoms with Crippen LogP contribution in [0.2, 0.25) is 0 Å². The molecule has 2 aliphatic carbocycles. The number of urea groups is 1. The van der Waals surface area contributed by atoms with Crippen LogP contribution in [0.4, 0.5) is 14.9 Å². The van der Waals surface area contributed by atoms with Gasteiger partial charge < -0.3 is 4.90 Å². The molecular formula is C33H46FIN4O2S. The summed E-state index contributed by atoms with van der Waals surface area (Å²) in [6.07, 6.45) is 7.70. The summed E-state index contributed by atoms with van der Waals surface area (Å²) < 4.78 is 36.1. The number of benzene rings is 2. The molecule has 5 rings (SSSR count). The first-order valence-electron chi connectivity index (χ1n) is 15.4. The lowest BCUT2D eigenvalue weighted by molar-refractivity contribution is 0.0172. The Morgan fingerprint density at radius 1 is 1.14 bits per heavy atom. The molecule has 0 bridgehead atoms. The number of carbonyl (C=O) groups excluding carboxylic acids is 1. The summed E-state index contributed by atoms with van der Waals surface area (Å²) in [7, 11) is 1.20. The van der Waals surface area contributed by atoms with Crippen molar-refractivity contribution in [3.8, 4) is 0 Å². The van der Waals surface area contributed by atoms with Gasteiger partial charge in [-0.05, 0) is 125 Å². The van der Waals surface area contributed by atoms with Gasteiger partial charge >= 0.3 is 6.03 Å². The van der Waals surface area contributed by atoms with E-state index in [1.807, 2.05) is 6.92 Å². The molecule has 0 aromatic heterocycles. The van der Waals surface area contributed by atoms with Gasteiger partial charge in [0.25, 0.3) is 0 Å². The number of hydrogen-bond acceptors (Lipinski definition) is 4. The highest BCUT2D eigenvalue weighted by atomic mass is 127. The number of rotatable bonds is 9. The minimum absolute atomic E-state index is 0.0536. The van der Waals surface area contributed by atoms with Gasteiger partial charge in [0.1, 0.15) is 0 Å². The van der Waals surface area contributed by atoms with Gasteiger partial charge in [-0.25, -0.2) is 18.2 Å². The summed E-state index contributed by atoms with van der Waals surface area (Å²) in [5.41, 5.74) is 1.75. The van der Waals surface area contributed by atoms with E-state index < -0.39 is 13.4 Å². The normalized spacial score (nSPS) is 28.5. The first-order chi connectivity index (χ1) is 19.7. The summed E-state index contributed by atoms with van der Waals surface area (Å²) in [5, 5.41) is -0.352. The molecule has 1 heterocycles. The number of nitrogens with zero attached hydrogens (tertiary/aromatic N) is 3. The van der Waals surface area contributed by atoms with Crippen LogP contribution in [0.25, 0.3) is 0 Å². The van der Waals surface area contributed by atoms with Crippen LogP contribution in [0, 0.1) is 10.7 Å². The second-order valence-electron chi connectivity index (χ2n) is 13.2. The fourth-order valence-corrected chi connectivity index (χ4v) is 9.18. The minimum Gasteiger partial charge on any atom is -0.317 e. The maximum absolute atomic E-state index is 15.9. The summed E-state index contributed by atoms with van der Waals surface area (Å²) in [6, 6.07) is 15.7. The lowest BCUT2D eigenvalue weighted by Gasteiger charge is -2.51. The van der Waals surface area contributed by atoms with Crippen molar-refractivity contribution in [3.05, 3.63) is 59.7 Å². The van der Waals surface area contributed by atoms with E-state index in [4.69, 9.17) is 4.78 Å². The largest absolute Gasteiger partial charge is 0.325 e. The second-order valence-corrected chi connectivity index (χ2v) is 17.7. The van der Waals surface area contributed by atoms with Crippen LogP contribution in [-0.2, 0) is 18.9 Å². The smallest absolute Gasteiger partial charge is 0.317 e. The lowest BCUT2D eigenvalue weighted by Crippen LogP contribution is -2.56.